The molecule has 1 aliphatic rings. The van der Waals surface area contributed by atoms with E-state index in [1.54, 1.807) is 0 Å². The van der Waals surface area contributed by atoms with Crippen LogP contribution in [0.25, 0.3) is 0 Å². The Morgan fingerprint density at radius 2 is 2.26 bits per heavy atom. The lowest BCUT2D eigenvalue weighted by molar-refractivity contribution is 0.0961. The third-order valence-corrected chi connectivity index (χ3v) is 3.92. The number of hydrogen-bond acceptors (Lipinski definition) is 6. The molecule has 7 heteroatoms. The van der Waals surface area contributed by atoms with Crippen molar-refractivity contribution in [2.75, 3.05) is 43.4 Å². The van der Waals surface area contributed by atoms with Crippen LogP contribution in [0.3, 0.4) is 0 Å². The highest BCUT2D eigenvalue weighted by Gasteiger charge is 2.20. The number of nitrogens with zero attached hydrogens (tertiary/aromatic N) is 2. The van der Waals surface area contributed by atoms with E-state index in [0.717, 1.165) is 36.9 Å². The van der Waals surface area contributed by atoms with Gasteiger partial charge in [-0.05, 0) is 6.92 Å². The summed E-state index contributed by atoms with van der Waals surface area (Å²) >= 11 is 1.35. The van der Waals surface area contributed by atoms with Gasteiger partial charge in [0.2, 0.25) is 0 Å². The zero-order valence-corrected chi connectivity index (χ0v) is 11.8. The molecule has 19 heavy (non-hydrogen) atoms. The number of rotatable bonds is 4. The summed E-state index contributed by atoms with van der Waals surface area (Å²) in [6, 6.07) is 0. The van der Waals surface area contributed by atoms with E-state index in [0.29, 0.717) is 17.2 Å². The molecular weight excluding hydrogens is 262 g/mol. The number of piperazine rings is 1. The van der Waals surface area contributed by atoms with Gasteiger partial charge in [-0.1, -0.05) is 23.5 Å². The van der Waals surface area contributed by atoms with Crippen LogP contribution >= 0.6 is 11.3 Å². The van der Waals surface area contributed by atoms with Gasteiger partial charge in [-0.2, -0.15) is 0 Å². The Balaban J connectivity index is 2.07. The molecule has 0 aromatic carbocycles. The van der Waals surface area contributed by atoms with Crippen molar-refractivity contribution in [3.63, 3.8) is 0 Å². The van der Waals surface area contributed by atoms with E-state index in [9.17, 15) is 4.79 Å². The lowest BCUT2D eigenvalue weighted by Gasteiger charge is -2.26. The predicted octanol–water partition coefficient (Wildman–Crippen LogP) is 0.441. The Morgan fingerprint density at radius 1 is 1.58 bits per heavy atom. The molecule has 4 N–H and O–H groups in total. The predicted molar refractivity (Wildman–Crippen MR) is 78.8 cm³/mol. The van der Waals surface area contributed by atoms with E-state index in [4.69, 9.17) is 5.73 Å². The Labute approximate surface area is 116 Å². The first kappa shape index (κ1) is 13.8. The Morgan fingerprint density at radius 3 is 2.89 bits per heavy atom. The van der Waals surface area contributed by atoms with Crippen molar-refractivity contribution in [1.29, 1.82) is 0 Å². The highest BCUT2D eigenvalue weighted by Crippen LogP contribution is 2.28. The fourth-order valence-electron chi connectivity index (χ4n) is 1.79. The first-order chi connectivity index (χ1) is 9.08. The zero-order chi connectivity index (χ0) is 13.8. The summed E-state index contributed by atoms with van der Waals surface area (Å²) in [7, 11) is 0. The van der Waals surface area contributed by atoms with Gasteiger partial charge in [-0.25, -0.2) is 4.98 Å². The van der Waals surface area contributed by atoms with Crippen molar-refractivity contribution in [3.8, 4) is 0 Å². The molecule has 0 radical (unpaired) electrons. The van der Waals surface area contributed by atoms with Crippen LogP contribution in [0.5, 0.6) is 0 Å². The summed E-state index contributed by atoms with van der Waals surface area (Å²) in [5.41, 5.74) is 6.73. The minimum absolute atomic E-state index is 0.181. The Hall–Kier alpha value is -1.60. The van der Waals surface area contributed by atoms with Crippen LogP contribution in [0.4, 0.5) is 10.9 Å². The molecule has 0 atom stereocenters. The molecule has 104 valence electrons. The minimum Gasteiger partial charge on any atom is -0.382 e. The van der Waals surface area contributed by atoms with Crippen molar-refractivity contribution in [3.05, 3.63) is 17.0 Å². The first-order valence-electron chi connectivity index (χ1n) is 6.22. The number of nitrogens with one attached hydrogen (secondary N) is 2. The standard InChI is InChI=1S/C12H19N5OS/c1-8(2)7-15-11(18)9-10(13)16-12(19-9)17-5-3-14-4-6-17/h14H,1,3-7,13H2,2H3,(H,15,18). The van der Waals surface area contributed by atoms with Gasteiger partial charge in [0.1, 0.15) is 10.7 Å². The second kappa shape index (κ2) is 6.03. The van der Waals surface area contributed by atoms with Crippen LogP contribution in [0.1, 0.15) is 16.6 Å². The highest BCUT2D eigenvalue weighted by atomic mass is 32.1. The van der Waals surface area contributed by atoms with Crippen molar-refractivity contribution in [1.82, 2.24) is 15.6 Å². The quantitative estimate of drug-likeness (QED) is 0.698. The Kier molecular flexibility index (Phi) is 4.39. The molecule has 2 heterocycles. The van der Waals surface area contributed by atoms with Crippen LogP contribution in [0, 0.1) is 0 Å². The van der Waals surface area contributed by atoms with Crippen LogP contribution in [-0.2, 0) is 0 Å². The molecule has 0 unspecified atom stereocenters. The smallest absolute Gasteiger partial charge is 0.265 e. The molecule has 2 rings (SSSR count). The monoisotopic (exact) mass is 281 g/mol. The average molecular weight is 281 g/mol. The SMILES string of the molecule is C=C(C)CNC(=O)c1sc(N2CCNCC2)nc1N. The van der Waals surface area contributed by atoms with Crippen molar-refractivity contribution >= 4 is 28.2 Å². The number of amides is 1. The van der Waals surface area contributed by atoms with Gasteiger partial charge in [0, 0.05) is 32.7 Å². The fourth-order valence-corrected chi connectivity index (χ4v) is 2.74. The third-order valence-electron chi connectivity index (χ3n) is 2.79. The molecule has 1 fully saturated rings. The van der Waals surface area contributed by atoms with E-state index in [-0.39, 0.29) is 5.91 Å². The molecule has 0 bridgehead atoms. The van der Waals surface area contributed by atoms with E-state index >= 15 is 0 Å². The number of anilines is 2. The lowest BCUT2D eigenvalue weighted by atomic mass is 10.3. The van der Waals surface area contributed by atoms with E-state index in [1.807, 2.05) is 6.92 Å². The summed E-state index contributed by atoms with van der Waals surface area (Å²) in [6.45, 7) is 9.70. The molecule has 1 saturated heterocycles. The molecule has 1 aliphatic heterocycles. The summed E-state index contributed by atoms with van der Waals surface area (Å²) < 4.78 is 0. The molecule has 0 saturated carbocycles. The maximum absolute atomic E-state index is 12.0. The van der Waals surface area contributed by atoms with Crippen LogP contribution in [0.2, 0.25) is 0 Å². The average Bonchev–Trinajstić information content (AvgIpc) is 2.79. The number of hydrogen-bond donors (Lipinski definition) is 3. The lowest BCUT2D eigenvalue weighted by Crippen LogP contribution is -2.43. The van der Waals surface area contributed by atoms with Gasteiger partial charge < -0.3 is 21.3 Å². The zero-order valence-electron chi connectivity index (χ0n) is 11.0. The molecule has 1 aromatic rings. The number of carbonyl (C=O) groups is 1. The van der Waals surface area contributed by atoms with Gasteiger partial charge in [-0.15, -0.1) is 0 Å². The molecule has 1 amide bonds. The van der Waals surface area contributed by atoms with Gasteiger partial charge >= 0.3 is 0 Å². The number of nitrogens with two attached hydrogens (primary N) is 1. The van der Waals surface area contributed by atoms with Gasteiger partial charge in [0.25, 0.3) is 5.91 Å². The van der Waals surface area contributed by atoms with E-state index in [2.05, 4.69) is 27.1 Å². The van der Waals surface area contributed by atoms with Crippen molar-refractivity contribution in [2.45, 2.75) is 6.92 Å². The van der Waals surface area contributed by atoms with Gasteiger partial charge in [0.05, 0.1) is 0 Å². The molecule has 1 aromatic heterocycles. The summed E-state index contributed by atoms with van der Waals surface area (Å²) in [5.74, 6) is 0.122. The first-order valence-corrected chi connectivity index (χ1v) is 7.04. The van der Waals surface area contributed by atoms with Crippen LogP contribution in [0.15, 0.2) is 12.2 Å². The molecule has 0 spiro atoms. The molecule has 0 aliphatic carbocycles. The van der Waals surface area contributed by atoms with E-state index < -0.39 is 0 Å². The van der Waals surface area contributed by atoms with Crippen molar-refractivity contribution < 1.29 is 4.79 Å². The third kappa shape index (κ3) is 3.45. The summed E-state index contributed by atoms with van der Waals surface area (Å²) in [6.07, 6.45) is 0. The topological polar surface area (TPSA) is 83.3 Å². The maximum atomic E-state index is 12.0. The number of carbonyl (C=O) groups excluding carboxylic acids is 1. The van der Waals surface area contributed by atoms with Gasteiger partial charge in [-0.3, -0.25) is 4.79 Å². The van der Waals surface area contributed by atoms with E-state index in [1.165, 1.54) is 11.3 Å². The van der Waals surface area contributed by atoms with Crippen LogP contribution in [-0.4, -0.2) is 43.6 Å². The Bertz CT molecular complexity index is 478. The number of thiazole rings is 1. The van der Waals surface area contributed by atoms with Gasteiger partial charge in [0.15, 0.2) is 5.13 Å². The van der Waals surface area contributed by atoms with Crippen LogP contribution < -0.4 is 21.3 Å². The number of aromatic nitrogens is 1. The maximum Gasteiger partial charge on any atom is 0.265 e. The summed E-state index contributed by atoms with van der Waals surface area (Å²) in [4.78, 5) is 18.9. The fraction of sp³-hybridized carbons (Fsp3) is 0.500. The minimum atomic E-state index is -0.181. The molecule has 6 nitrogen and oxygen atoms in total. The van der Waals surface area contributed by atoms with Crippen molar-refractivity contribution in [2.24, 2.45) is 0 Å². The second-order valence-electron chi connectivity index (χ2n) is 4.59. The summed E-state index contributed by atoms with van der Waals surface area (Å²) in [5, 5.41) is 6.87. The highest BCUT2D eigenvalue weighted by molar-refractivity contribution is 7.18. The normalized spacial score (nSPS) is 15.3. The largest absolute Gasteiger partial charge is 0.382 e. The molecular formula is C12H19N5OS. The number of nitrogen functional groups attached to an aromatic ring is 1. The second-order valence-corrected chi connectivity index (χ2v) is 5.57.